The van der Waals surface area contributed by atoms with Crippen molar-refractivity contribution in [3.8, 4) is 5.75 Å². The van der Waals surface area contributed by atoms with E-state index in [4.69, 9.17) is 16.3 Å². The molecule has 24 heavy (non-hydrogen) atoms. The van der Waals surface area contributed by atoms with Gasteiger partial charge in [0.1, 0.15) is 0 Å². The van der Waals surface area contributed by atoms with Crippen LogP contribution in [0.3, 0.4) is 0 Å². The predicted octanol–water partition coefficient (Wildman–Crippen LogP) is 5.07. The van der Waals surface area contributed by atoms with E-state index in [-0.39, 0.29) is 17.3 Å². The van der Waals surface area contributed by atoms with E-state index >= 15 is 0 Å². The van der Waals surface area contributed by atoms with Gasteiger partial charge in [0.15, 0.2) is 21.7 Å². The lowest BCUT2D eigenvalue weighted by Gasteiger charge is -2.09. The second-order valence-corrected chi connectivity index (χ2v) is 6.23. The summed E-state index contributed by atoms with van der Waals surface area (Å²) in [5.74, 6) is -0.627. The average Bonchev–Trinajstić information content (AvgIpc) is 2.95. The SMILES string of the molecule is CC.COC(=O)c1nc(Cl)sc1CCCOc1c(C)cccc1F. The van der Waals surface area contributed by atoms with Crippen molar-refractivity contribution >= 4 is 28.9 Å². The Hall–Kier alpha value is -1.66. The van der Waals surface area contributed by atoms with Crippen LogP contribution < -0.4 is 4.74 Å². The molecule has 0 unspecified atom stereocenters. The van der Waals surface area contributed by atoms with E-state index < -0.39 is 5.97 Å². The third kappa shape index (κ3) is 5.46. The van der Waals surface area contributed by atoms with E-state index in [1.165, 1.54) is 24.5 Å². The summed E-state index contributed by atoms with van der Waals surface area (Å²) >= 11 is 7.07. The van der Waals surface area contributed by atoms with E-state index in [1.54, 1.807) is 19.1 Å². The number of rotatable bonds is 6. The molecule has 0 aliphatic carbocycles. The second-order valence-electron chi connectivity index (χ2n) is 4.57. The molecule has 0 atom stereocenters. The van der Waals surface area contributed by atoms with Crippen LogP contribution in [0.1, 0.15) is 41.2 Å². The zero-order chi connectivity index (χ0) is 18.1. The summed E-state index contributed by atoms with van der Waals surface area (Å²) in [5.41, 5.74) is 0.982. The lowest BCUT2D eigenvalue weighted by atomic mass is 10.2. The molecule has 1 aromatic carbocycles. The first kappa shape index (κ1) is 20.4. The normalized spacial score (nSPS) is 9.92. The summed E-state index contributed by atoms with van der Waals surface area (Å²) in [7, 11) is 1.30. The van der Waals surface area contributed by atoms with Crippen LogP contribution in [0.2, 0.25) is 4.47 Å². The number of thiazole rings is 1. The van der Waals surface area contributed by atoms with Gasteiger partial charge in [-0.25, -0.2) is 14.2 Å². The second kappa shape index (κ2) is 10.3. The Morgan fingerprint density at radius 1 is 1.38 bits per heavy atom. The fourth-order valence-corrected chi connectivity index (χ4v) is 3.13. The molecule has 0 aliphatic heterocycles. The Labute approximate surface area is 150 Å². The zero-order valence-corrected chi connectivity index (χ0v) is 15.8. The maximum atomic E-state index is 13.6. The van der Waals surface area contributed by atoms with Crippen LogP contribution in [0, 0.1) is 12.7 Å². The molecule has 0 bridgehead atoms. The van der Waals surface area contributed by atoms with Crippen molar-refractivity contribution < 1.29 is 18.7 Å². The van der Waals surface area contributed by atoms with E-state index in [9.17, 15) is 9.18 Å². The van der Waals surface area contributed by atoms with Crippen LogP contribution in [0.4, 0.5) is 4.39 Å². The van der Waals surface area contributed by atoms with Gasteiger partial charge in [0.05, 0.1) is 13.7 Å². The van der Waals surface area contributed by atoms with Crippen molar-refractivity contribution in [2.45, 2.75) is 33.6 Å². The van der Waals surface area contributed by atoms with Crippen molar-refractivity contribution in [2.24, 2.45) is 0 Å². The van der Waals surface area contributed by atoms with Crippen LogP contribution in [0.5, 0.6) is 5.75 Å². The Morgan fingerprint density at radius 3 is 2.71 bits per heavy atom. The van der Waals surface area contributed by atoms with E-state index in [1.807, 2.05) is 13.8 Å². The van der Waals surface area contributed by atoms with Gasteiger partial charge in [0, 0.05) is 4.88 Å². The molecule has 7 heteroatoms. The molecule has 0 saturated carbocycles. The molecular formula is C17H21ClFNO3S. The molecule has 0 aliphatic rings. The molecule has 4 nitrogen and oxygen atoms in total. The first-order valence-electron chi connectivity index (χ1n) is 7.64. The number of hydrogen-bond acceptors (Lipinski definition) is 5. The minimum Gasteiger partial charge on any atom is -0.490 e. The predicted molar refractivity (Wildman–Crippen MR) is 94.8 cm³/mol. The maximum absolute atomic E-state index is 13.6. The molecule has 0 spiro atoms. The molecule has 0 amide bonds. The van der Waals surface area contributed by atoms with Crippen LogP contribution >= 0.6 is 22.9 Å². The summed E-state index contributed by atoms with van der Waals surface area (Å²) in [6.07, 6.45) is 1.17. The number of ether oxygens (including phenoxy) is 2. The van der Waals surface area contributed by atoms with Gasteiger partial charge in [-0.05, 0) is 31.4 Å². The van der Waals surface area contributed by atoms with Crippen molar-refractivity contribution in [1.82, 2.24) is 4.98 Å². The number of halogens is 2. The number of benzene rings is 1. The molecule has 1 aromatic heterocycles. The first-order valence-corrected chi connectivity index (χ1v) is 8.83. The Bertz CT molecular complexity index is 656. The van der Waals surface area contributed by atoms with Gasteiger partial charge in [-0.1, -0.05) is 37.6 Å². The highest BCUT2D eigenvalue weighted by molar-refractivity contribution is 7.16. The Kier molecular flexibility index (Phi) is 8.71. The first-order chi connectivity index (χ1) is 11.5. The number of aromatic nitrogens is 1. The highest BCUT2D eigenvalue weighted by atomic mass is 35.5. The van der Waals surface area contributed by atoms with Crippen LogP contribution in [-0.2, 0) is 11.2 Å². The van der Waals surface area contributed by atoms with Crippen molar-refractivity contribution in [3.63, 3.8) is 0 Å². The quantitative estimate of drug-likeness (QED) is 0.524. The van der Waals surface area contributed by atoms with Gasteiger partial charge < -0.3 is 9.47 Å². The summed E-state index contributed by atoms with van der Waals surface area (Å²) in [6, 6.07) is 4.79. The molecule has 0 fully saturated rings. The molecule has 1 heterocycles. The van der Waals surface area contributed by atoms with Gasteiger partial charge in [-0.15, -0.1) is 11.3 Å². The fraction of sp³-hybridized carbons (Fsp3) is 0.412. The number of nitrogens with zero attached hydrogens (tertiary/aromatic N) is 1. The number of carbonyl (C=O) groups is 1. The molecule has 2 rings (SSSR count). The highest BCUT2D eigenvalue weighted by Gasteiger charge is 2.17. The smallest absolute Gasteiger partial charge is 0.357 e. The molecule has 2 aromatic rings. The Morgan fingerprint density at radius 2 is 2.08 bits per heavy atom. The fourth-order valence-electron chi connectivity index (χ4n) is 1.96. The monoisotopic (exact) mass is 373 g/mol. The van der Waals surface area contributed by atoms with E-state index in [0.29, 0.717) is 23.9 Å². The minimum atomic E-state index is -0.510. The summed E-state index contributed by atoms with van der Waals surface area (Å²) in [4.78, 5) is 16.3. The van der Waals surface area contributed by atoms with Gasteiger partial charge in [-0.3, -0.25) is 0 Å². The number of carbonyl (C=O) groups excluding carboxylic acids is 1. The van der Waals surface area contributed by atoms with Crippen LogP contribution in [0.15, 0.2) is 18.2 Å². The minimum absolute atomic E-state index is 0.236. The van der Waals surface area contributed by atoms with Crippen LogP contribution in [0.25, 0.3) is 0 Å². The summed E-state index contributed by atoms with van der Waals surface area (Å²) < 4.78 is 24.0. The van der Waals surface area contributed by atoms with Gasteiger partial charge >= 0.3 is 5.97 Å². The van der Waals surface area contributed by atoms with Crippen molar-refractivity contribution in [2.75, 3.05) is 13.7 Å². The van der Waals surface area contributed by atoms with Gasteiger partial charge in [-0.2, -0.15) is 0 Å². The maximum Gasteiger partial charge on any atom is 0.357 e. The molecule has 0 N–H and O–H groups in total. The van der Waals surface area contributed by atoms with Crippen LogP contribution in [-0.4, -0.2) is 24.7 Å². The molecule has 0 radical (unpaired) electrons. The highest BCUT2D eigenvalue weighted by Crippen LogP contribution is 2.25. The van der Waals surface area contributed by atoms with Gasteiger partial charge in [0.2, 0.25) is 0 Å². The topological polar surface area (TPSA) is 48.4 Å². The lowest BCUT2D eigenvalue weighted by molar-refractivity contribution is 0.0593. The number of para-hydroxylation sites is 1. The number of esters is 1. The largest absolute Gasteiger partial charge is 0.490 e. The molecular weight excluding hydrogens is 353 g/mol. The van der Waals surface area contributed by atoms with Gasteiger partial charge in [0.25, 0.3) is 0 Å². The standard InChI is InChI=1S/C15H15ClFNO3S.C2H6/c1-9-5-3-6-10(17)13(9)21-8-4-7-11-12(14(19)20-2)18-15(16)22-11;1-2/h3,5-6H,4,7-8H2,1-2H3;1-2H3. The lowest BCUT2D eigenvalue weighted by Crippen LogP contribution is -2.07. The Balaban J connectivity index is 0.00000139. The zero-order valence-electron chi connectivity index (χ0n) is 14.2. The van der Waals surface area contributed by atoms with Crippen molar-refractivity contribution in [3.05, 3.63) is 44.6 Å². The van der Waals surface area contributed by atoms with E-state index in [2.05, 4.69) is 9.72 Å². The molecule has 132 valence electrons. The van der Waals surface area contributed by atoms with Crippen molar-refractivity contribution in [1.29, 1.82) is 0 Å². The summed E-state index contributed by atoms with van der Waals surface area (Å²) in [5, 5.41) is 0. The number of aryl methyl sites for hydroxylation is 2. The third-order valence-electron chi connectivity index (χ3n) is 3.01. The number of hydrogen-bond donors (Lipinski definition) is 0. The average molecular weight is 374 g/mol. The van der Waals surface area contributed by atoms with E-state index in [0.717, 1.165) is 10.4 Å². The number of methoxy groups -OCH3 is 1. The third-order valence-corrected chi connectivity index (χ3v) is 4.23. The summed E-state index contributed by atoms with van der Waals surface area (Å²) in [6.45, 7) is 6.12. The molecule has 0 saturated heterocycles.